The van der Waals surface area contributed by atoms with Gasteiger partial charge in [-0.1, -0.05) is 16.7 Å². The standard InChI is InChI=1S/C22H19ClN6O4S/c1-12-19(32-3)18(13-6-7-24-17(23)8-13)16(10-25-12)20(30)27-21-28-29-22(34-21)33-11-14-4-5-15(31-2)9-26-14/h4-10H,11H2,1-3H3,(H,27,28,30). The maximum Gasteiger partial charge on any atom is 0.296 e. The van der Waals surface area contributed by atoms with Crippen LogP contribution in [0.3, 0.4) is 0 Å². The molecule has 0 unspecified atom stereocenters. The Hall–Kier alpha value is -3.83. The molecule has 4 aromatic rings. The summed E-state index contributed by atoms with van der Waals surface area (Å²) < 4.78 is 16.3. The summed E-state index contributed by atoms with van der Waals surface area (Å²) >= 11 is 7.16. The fourth-order valence-corrected chi connectivity index (χ4v) is 3.85. The van der Waals surface area contributed by atoms with Gasteiger partial charge in [0.15, 0.2) is 0 Å². The second-order valence-electron chi connectivity index (χ2n) is 6.84. The van der Waals surface area contributed by atoms with Crippen molar-refractivity contribution in [3.8, 4) is 27.8 Å². The topological polar surface area (TPSA) is 121 Å². The Morgan fingerprint density at radius 2 is 1.94 bits per heavy atom. The predicted octanol–water partition coefficient (Wildman–Crippen LogP) is 4.20. The number of ether oxygens (including phenoxy) is 3. The highest BCUT2D eigenvalue weighted by Crippen LogP contribution is 2.36. The van der Waals surface area contributed by atoms with E-state index in [9.17, 15) is 4.79 Å². The van der Waals surface area contributed by atoms with Crippen LogP contribution in [0.5, 0.6) is 16.7 Å². The fourth-order valence-electron chi connectivity index (χ4n) is 3.09. The molecule has 1 amide bonds. The van der Waals surface area contributed by atoms with Crippen molar-refractivity contribution < 1.29 is 19.0 Å². The van der Waals surface area contributed by atoms with E-state index < -0.39 is 5.91 Å². The Balaban J connectivity index is 1.52. The zero-order valence-corrected chi connectivity index (χ0v) is 20.0. The van der Waals surface area contributed by atoms with Gasteiger partial charge in [-0.2, -0.15) is 0 Å². The van der Waals surface area contributed by atoms with Gasteiger partial charge in [-0.25, -0.2) is 4.98 Å². The number of carbonyl (C=O) groups is 1. The number of carbonyl (C=O) groups excluding carboxylic acids is 1. The van der Waals surface area contributed by atoms with Crippen LogP contribution in [0.15, 0.2) is 42.9 Å². The van der Waals surface area contributed by atoms with Gasteiger partial charge < -0.3 is 14.2 Å². The van der Waals surface area contributed by atoms with Crippen molar-refractivity contribution in [1.29, 1.82) is 0 Å². The fraction of sp³-hybridized carbons (Fsp3) is 0.182. The molecule has 0 aliphatic heterocycles. The largest absolute Gasteiger partial charge is 0.495 e. The van der Waals surface area contributed by atoms with Crippen LogP contribution in [0, 0.1) is 6.92 Å². The van der Waals surface area contributed by atoms with E-state index in [1.165, 1.54) is 13.3 Å². The van der Waals surface area contributed by atoms with Crippen LogP contribution in [0.2, 0.25) is 5.15 Å². The number of rotatable bonds is 8. The third kappa shape index (κ3) is 5.21. The third-order valence-electron chi connectivity index (χ3n) is 4.68. The number of amides is 1. The number of pyridine rings is 3. The maximum absolute atomic E-state index is 13.1. The highest BCUT2D eigenvalue weighted by Gasteiger charge is 2.22. The summed E-state index contributed by atoms with van der Waals surface area (Å²) in [5.41, 5.74) is 2.81. The van der Waals surface area contributed by atoms with Gasteiger partial charge in [0.25, 0.3) is 11.1 Å². The van der Waals surface area contributed by atoms with Gasteiger partial charge in [-0.05, 0) is 48.1 Å². The molecule has 0 saturated carbocycles. The SMILES string of the molecule is COc1ccc(COc2nnc(NC(=O)c3cnc(C)c(OC)c3-c3ccnc(Cl)c3)s2)nc1. The van der Waals surface area contributed by atoms with Gasteiger partial charge in [0, 0.05) is 18.0 Å². The number of aromatic nitrogens is 5. The highest BCUT2D eigenvalue weighted by molar-refractivity contribution is 7.17. The number of nitrogens with zero attached hydrogens (tertiary/aromatic N) is 5. The lowest BCUT2D eigenvalue weighted by atomic mass is 9.99. The van der Waals surface area contributed by atoms with Crippen molar-refractivity contribution in [1.82, 2.24) is 25.1 Å². The third-order valence-corrected chi connectivity index (χ3v) is 5.64. The summed E-state index contributed by atoms with van der Waals surface area (Å²) in [4.78, 5) is 25.7. The molecule has 0 radical (unpaired) electrons. The molecule has 0 bridgehead atoms. The first-order valence-corrected chi connectivity index (χ1v) is 11.1. The number of hydrogen-bond donors (Lipinski definition) is 1. The van der Waals surface area contributed by atoms with Crippen LogP contribution in [-0.4, -0.2) is 45.3 Å². The Morgan fingerprint density at radius 1 is 1.09 bits per heavy atom. The minimum absolute atomic E-state index is 0.193. The highest BCUT2D eigenvalue weighted by atomic mass is 35.5. The number of halogens is 1. The monoisotopic (exact) mass is 498 g/mol. The van der Waals surface area contributed by atoms with E-state index in [-0.39, 0.29) is 27.6 Å². The quantitative estimate of drug-likeness (QED) is 0.356. The van der Waals surface area contributed by atoms with Gasteiger partial charge >= 0.3 is 0 Å². The lowest BCUT2D eigenvalue weighted by Crippen LogP contribution is -2.14. The predicted molar refractivity (Wildman–Crippen MR) is 127 cm³/mol. The zero-order valence-electron chi connectivity index (χ0n) is 18.4. The van der Waals surface area contributed by atoms with Gasteiger partial charge in [-0.3, -0.25) is 20.1 Å². The van der Waals surface area contributed by atoms with Crippen LogP contribution >= 0.6 is 22.9 Å². The molecule has 0 aliphatic carbocycles. The van der Waals surface area contributed by atoms with E-state index in [1.54, 1.807) is 50.7 Å². The smallest absolute Gasteiger partial charge is 0.296 e. The summed E-state index contributed by atoms with van der Waals surface area (Å²) in [6.07, 6.45) is 4.63. The van der Waals surface area contributed by atoms with Gasteiger partial charge in [0.1, 0.15) is 23.3 Å². The summed E-state index contributed by atoms with van der Waals surface area (Å²) in [5, 5.41) is 11.5. The average Bonchev–Trinajstić information content (AvgIpc) is 3.29. The van der Waals surface area contributed by atoms with Crippen molar-refractivity contribution in [2.24, 2.45) is 0 Å². The molecule has 10 nitrogen and oxygen atoms in total. The second kappa shape index (κ2) is 10.4. The first kappa shape index (κ1) is 23.3. The number of nitrogens with one attached hydrogen (secondary N) is 1. The lowest BCUT2D eigenvalue weighted by molar-refractivity contribution is 0.102. The molecule has 0 fully saturated rings. The molecule has 0 atom stereocenters. The Bertz CT molecular complexity index is 1320. The van der Waals surface area contributed by atoms with E-state index in [1.807, 2.05) is 0 Å². The normalized spacial score (nSPS) is 10.6. The van der Waals surface area contributed by atoms with E-state index in [2.05, 4.69) is 30.5 Å². The zero-order chi connectivity index (χ0) is 24.1. The Labute approximate surface area is 203 Å². The van der Waals surface area contributed by atoms with Crippen molar-refractivity contribution >= 4 is 34.0 Å². The van der Waals surface area contributed by atoms with E-state index in [0.29, 0.717) is 34.0 Å². The number of anilines is 1. The summed E-state index contributed by atoms with van der Waals surface area (Å²) in [5.74, 6) is 0.678. The first-order chi connectivity index (χ1) is 16.5. The van der Waals surface area contributed by atoms with Gasteiger partial charge in [-0.15, -0.1) is 5.10 Å². The number of aryl methyl sites for hydroxylation is 1. The van der Waals surface area contributed by atoms with E-state index in [4.69, 9.17) is 25.8 Å². The molecule has 174 valence electrons. The summed E-state index contributed by atoms with van der Waals surface area (Å²) in [6, 6.07) is 6.96. The van der Waals surface area contributed by atoms with Crippen molar-refractivity contribution in [3.05, 3.63) is 65.0 Å². The van der Waals surface area contributed by atoms with Crippen LogP contribution in [-0.2, 0) is 6.61 Å². The van der Waals surface area contributed by atoms with Crippen molar-refractivity contribution in [2.75, 3.05) is 19.5 Å². The van der Waals surface area contributed by atoms with Crippen molar-refractivity contribution in [2.45, 2.75) is 13.5 Å². The molecule has 4 aromatic heterocycles. The minimum atomic E-state index is -0.437. The maximum atomic E-state index is 13.1. The molecule has 0 aromatic carbocycles. The minimum Gasteiger partial charge on any atom is -0.495 e. The van der Waals surface area contributed by atoms with Crippen molar-refractivity contribution in [3.63, 3.8) is 0 Å². The molecule has 0 spiro atoms. The second-order valence-corrected chi connectivity index (χ2v) is 8.17. The van der Waals surface area contributed by atoms with Crippen LogP contribution in [0.1, 0.15) is 21.7 Å². The molecule has 1 N–H and O–H groups in total. The van der Waals surface area contributed by atoms with Crippen LogP contribution < -0.4 is 19.5 Å². The first-order valence-electron chi connectivity index (χ1n) is 9.90. The average molecular weight is 499 g/mol. The van der Waals surface area contributed by atoms with E-state index >= 15 is 0 Å². The summed E-state index contributed by atoms with van der Waals surface area (Å²) in [7, 11) is 3.09. The van der Waals surface area contributed by atoms with Gasteiger partial charge in [0.05, 0.1) is 37.4 Å². The molecule has 34 heavy (non-hydrogen) atoms. The Kier molecular flexibility index (Phi) is 7.14. The number of hydrogen-bond acceptors (Lipinski definition) is 10. The van der Waals surface area contributed by atoms with Crippen LogP contribution in [0.4, 0.5) is 5.13 Å². The molecule has 4 heterocycles. The molecule has 12 heteroatoms. The summed E-state index contributed by atoms with van der Waals surface area (Å²) in [6.45, 7) is 1.98. The van der Waals surface area contributed by atoms with Gasteiger partial charge in [0.2, 0.25) is 5.13 Å². The molecular weight excluding hydrogens is 480 g/mol. The Morgan fingerprint density at radius 3 is 2.65 bits per heavy atom. The molecule has 0 saturated heterocycles. The lowest BCUT2D eigenvalue weighted by Gasteiger charge is -2.15. The number of methoxy groups -OCH3 is 2. The van der Waals surface area contributed by atoms with Crippen LogP contribution in [0.25, 0.3) is 11.1 Å². The molecule has 4 rings (SSSR count). The van der Waals surface area contributed by atoms with E-state index in [0.717, 1.165) is 11.3 Å². The molecule has 0 aliphatic rings. The molecular formula is C22H19ClN6O4S.